The minimum Gasteiger partial charge on any atom is -0.483 e. The van der Waals surface area contributed by atoms with E-state index in [1.165, 1.54) is 18.2 Å². The summed E-state index contributed by atoms with van der Waals surface area (Å²) in [6, 6.07) is 11.5. The second-order valence-corrected chi connectivity index (χ2v) is 5.25. The Hall–Kier alpha value is -3.55. The smallest absolute Gasteiger partial charge is 0.290 e. The van der Waals surface area contributed by atoms with Crippen LogP contribution in [0, 0.1) is 17.0 Å². The number of aryl methyl sites for hydroxylation is 1. The third-order valence-electron chi connectivity index (χ3n) is 3.60. The Balaban J connectivity index is 0.000000701. The number of nitro benzene ring substituents is 1. The number of carbonyl (C=O) groups excluding carboxylic acids is 2. The van der Waals surface area contributed by atoms with E-state index in [0.29, 0.717) is 0 Å². The summed E-state index contributed by atoms with van der Waals surface area (Å²) >= 11 is 0. The maximum absolute atomic E-state index is 12.4. The fraction of sp³-hybridized carbons (Fsp3) is 0.118. The molecule has 0 saturated heterocycles. The summed E-state index contributed by atoms with van der Waals surface area (Å²) in [5, 5.41) is 17.9. The Bertz CT molecular complexity index is 862. The molecule has 2 amide bonds. The maximum atomic E-state index is 12.4. The molecule has 1 aliphatic rings. The van der Waals surface area contributed by atoms with Crippen LogP contribution in [0.1, 0.15) is 31.8 Å². The summed E-state index contributed by atoms with van der Waals surface area (Å²) in [5.74, 6) is -1.11. The zero-order chi connectivity index (χ0) is 18.6. The number of carbonyl (C=O) groups is 3. The Morgan fingerprint density at radius 1 is 1.16 bits per heavy atom. The van der Waals surface area contributed by atoms with Gasteiger partial charge >= 0.3 is 0 Å². The van der Waals surface area contributed by atoms with Gasteiger partial charge in [-0.05, 0) is 18.6 Å². The van der Waals surface area contributed by atoms with Crippen LogP contribution < -0.4 is 0 Å². The second kappa shape index (κ2) is 7.35. The predicted octanol–water partition coefficient (Wildman–Crippen LogP) is 2.40. The van der Waals surface area contributed by atoms with Crippen LogP contribution in [0.5, 0.6) is 0 Å². The molecule has 25 heavy (non-hydrogen) atoms. The topological polar surface area (TPSA) is 118 Å². The summed E-state index contributed by atoms with van der Waals surface area (Å²) in [4.78, 5) is 44.6. The molecule has 0 spiro atoms. The highest BCUT2D eigenvalue weighted by atomic mass is 16.6. The molecule has 1 heterocycles. The van der Waals surface area contributed by atoms with Crippen molar-refractivity contribution in [3.8, 4) is 0 Å². The first-order valence-electron chi connectivity index (χ1n) is 7.17. The Labute approximate surface area is 142 Å². The average Bonchev–Trinajstić information content (AvgIpc) is 2.81. The van der Waals surface area contributed by atoms with E-state index in [-0.39, 0.29) is 29.8 Å². The van der Waals surface area contributed by atoms with Gasteiger partial charge in [-0.2, -0.15) is 0 Å². The third kappa shape index (κ3) is 3.52. The molecule has 0 atom stereocenters. The third-order valence-corrected chi connectivity index (χ3v) is 3.60. The molecule has 0 bridgehead atoms. The number of hydrogen-bond acceptors (Lipinski definition) is 5. The zero-order valence-corrected chi connectivity index (χ0v) is 13.2. The fourth-order valence-electron chi connectivity index (χ4n) is 2.60. The lowest BCUT2D eigenvalue weighted by molar-refractivity contribution is -0.385. The van der Waals surface area contributed by atoms with Crippen molar-refractivity contribution in [2.24, 2.45) is 0 Å². The molecule has 0 fully saturated rings. The lowest BCUT2D eigenvalue weighted by Crippen LogP contribution is -2.29. The second-order valence-electron chi connectivity index (χ2n) is 5.25. The first-order valence-corrected chi connectivity index (χ1v) is 7.17. The van der Waals surface area contributed by atoms with Crippen LogP contribution in [0.4, 0.5) is 5.69 Å². The van der Waals surface area contributed by atoms with E-state index >= 15 is 0 Å². The molecule has 1 N–H and O–H groups in total. The van der Waals surface area contributed by atoms with E-state index in [2.05, 4.69) is 0 Å². The lowest BCUT2D eigenvalue weighted by atomic mass is 10.1. The predicted molar refractivity (Wildman–Crippen MR) is 87.2 cm³/mol. The Kier molecular flexibility index (Phi) is 5.23. The largest absolute Gasteiger partial charge is 0.483 e. The molecular formula is C17H14N2O6. The van der Waals surface area contributed by atoms with Crippen molar-refractivity contribution in [1.29, 1.82) is 0 Å². The van der Waals surface area contributed by atoms with E-state index < -0.39 is 16.7 Å². The average molecular weight is 342 g/mol. The van der Waals surface area contributed by atoms with Gasteiger partial charge in [0.1, 0.15) is 5.56 Å². The highest BCUT2D eigenvalue weighted by Gasteiger charge is 2.40. The first kappa shape index (κ1) is 17.8. The van der Waals surface area contributed by atoms with Crippen molar-refractivity contribution < 1.29 is 24.4 Å². The maximum Gasteiger partial charge on any atom is 0.290 e. The van der Waals surface area contributed by atoms with Gasteiger partial charge in [0, 0.05) is 6.07 Å². The minimum atomic E-state index is -0.639. The monoisotopic (exact) mass is 342 g/mol. The number of imide groups is 1. The van der Waals surface area contributed by atoms with Crippen LogP contribution in [-0.2, 0) is 11.3 Å². The normalized spacial score (nSPS) is 12.3. The van der Waals surface area contributed by atoms with Crippen LogP contribution >= 0.6 is 0 Å². The molecule has 8 nitrogen and oxygen atoms in total. The van der Waals surface area contributed by atoms with Crippen LogP contribution in [0.15, 0.2) is 42.5 Å². The molecule has 128 valence electrons. The quantitative estimate of drug-likeness (QED) is 0.396. The van der Waals surface area contributed by atoms with Gasteiger partial charge in [-0.3, -0.25) is 29.4 Å². The van der Waals surface area contributed by atoms with Gasteiger partial charge in [0.2, 0.25) is 0 Å². The van der Waals surface area contributed by atoms with E-state index in [9.17, 15) is 19.7 Å². The van der Waals surface area contributed by atoms with Crippen LogP contribution in [-0.4, -0.2) is 33.2 Å². The van der Waals surface area contributed by atoms with Crippen molar-refractivity contribution in [2.75, 3.05) is 0 Å². The SMILES string of the molecule is Cc1cccc(CN2C(=O)c3cccc([N+](=O)[O-])c3C2=O)c1.O=CO. The van der Waals surface area contributed by atoms with Gasteiger partial charge in [-0.25, -0.2) is 0 Å². The van der Waals surface area contributed by atoms with Crippen LogP contribution in [0.3, 0.4) is 0 Å². The van der Waals surface area contributed by atoms with Crippen molar-refractivity contribution in [3.05, 3.63) is 74.8 Å². The standard InChI is InChI=1S/C16H12N2O4.CH2O2/c1-10-4-2-5-11(8-10)9-17-15(19)12-6-3-7-13(18(21)22)14(12)16(17)20;2-1-3/h2-8H,9H2,1H3;1H,(H,2,3). The molecule has 0 aromatic heterocycles. The molecule has 0 aliphatic carbocycles. The van der Waals surface area contributed by atoms with E-state index in [1.54, 1.807) is 0 Å². The van der Waals surface area contributed by atoms with E-state index in [1.807, 2.05) is 31.2 Å². The van der Waals surface area contributed by atoms with Crippen molar-refractivity contribution >= 4 is 24.0 Å². The fourth-order valence-corrected chi connectivity index (χ4v) is 2.60. The minimum absolute atomic E-state index is 0.0897. The summed E-state index contributed by atoms with van der Waals surface area (Å²) in [7, 11) is 0. The molecule has 2 aromatic rings. The molecule has 0 saturated carbocycles. The molecule has 1 aliphatic heterocycles. The lowest BCUT2D eigenvalue weighted by Gasteiger charge is -2.14. The number of fused-ring (bicyclic) bond motifs is 1. The number of rotatable bonds is 3. The van der Waals surface area contributed by atoms with E-state index in [0.717, 1.165) is 16.0 Å². The molecule has 3 rings (SSSR count). The van der Waals surface area contributed by atoms with Gasteiger partial charge in [-0.15, -0.1) is 0 Å². The van der Waals surface area contributed by atoms with Gasteiger partial charge in [0.25, 0.3) is 24.0 Å². The van der Waals surface area contributed by atoms with Crippen molar-refractivity contribution in [2.45, 2.75) is 13.5 Å². The van der Waals surface area contributed by atoms with Crippen LogP contribution in [0.25, 0.3) is 0 Å². The summed E-state index contributed by atoms with van der Waals surface area (Å²) < 4.78 is 0. The van der Waals surface area contributed by atoms with Gasteiger partial charge in [0.05, 0.1) is 17.0 Å². The van der Waals surface area contributed by atoms with Crippen molar-refractivity contribution in [3.63, 3.8) is 0 Å². The number of amides is 2. The molecular weight excluding hydrogens is 328 g/mol. The van der Waals surface area contributed by atoms with E-state index in [4.69, 9.17) is 9.90 Å². The summed E-state index contributed by atoms with van der Waals surface area (Å²) in [6.07, 6.45) is 0. The number of hydrogen-bond donors (Lipinski definition) is 1. The molecule has 0 radical (unpaired) electrons. The van der Waals surface area contributed by atoms with Gasteiger partial charge in [-0.1, -0.05) is 35.9 Å². The summed E-state index contributed by atoms with van der Waals surface area (Å²) in [5.41, 5.74) is 1.46. The van der Waals surface area contributed by atoms with Gasteiger partial charge < -0.3 is 5.11 Å². The first-order chi connectivity index (χ1) is 11.9. The molecule has 2 aromatic carbocycles. The highest BCUT2D eigenvalue weighted by Crippen LogP contribution is 2.31. The molecule has 8 heteroatoms. The number of nitrogens with zero attached hydrogens (tertiary/aromatic N) is 2. The molecule has 0 unspecified atom stereocenters. The summed E-state index contributed by atoms with van der Waals surface area (Å²) in [6.45, 7) is 1.77. The van der Waals surface area contributed by atoms with Gasteiger partial charge in [0.15, 0.2) is 0 Å². The van der Waals surface area contributed by atoms with Crippen LogP contribution in [0.2, 0.25) is 0 Å². The zero-order valence-electron chi connectivity index (χ0n) is 13.2. The number of carboxylic acid groups (broad SMARTS) is 1. The number of nitro groups is 1. The van der Waals surface area contributed by atoms with Crippen molar-refractivity contribution in [1.82, 2.24) is 4.90 Å². The highest BCUT2D eigenvalue weighted by molar-refractivity contribution is 6.23. The Morgan fingerprint density at radius 3 is 2.40 bits per heavy atom. The number of benzene rings is 2. The Morgan fingerprint density at radius 2 is 1.80 bits per heavy atom.